The van der Waals surface area contributed by atoms with Crippen LogP contribution >= 0.6 is 0 Å². The van der Waals surface area contributed by atoms with Crippen molar-refractivity contribution in [1.29, 1.82) is 0 Å². The third-order valence-electron chi connectivity index (χ3n) is 6.28. The number of nitrogens with zero attached hydrogens (tertiary/aromatic N) is 3. The van der Waals surface area contributed by atoms with Crippen molar-refractivity contribution in [3.8, 4) is 5.75 Å². The van der Waals surface area contributed by atoms with E-state index in [-0.39, 0.29) is 25.0 Å². The van der Waals surface area contributed by atoms with Crippen LogP contribution < -0.4 is 4.74 Å². The van der Waals surface area contributed by atoms with Crippen molar-refractivity contribution < 1.29 is 19.1 Å². The molecule has 1 aromatic carbocycles. The molecule has 4 rings (SSSR count). The number of esters is 1. The summed E-state index contributed by atoms with van der Waals surface area (Å²) >= 11 is 0. The Hall–Kier alpha value is -2.83. The molecule has 7 heteroatoms. The monoisotopic (exact) mass is 411 g/mol. The molecule has 30 heavy (non-hydrogen) atoms. The third kappa shape index (κ3) is 4.66. The molecule has 0 atom stereocenters. The van der Waals surface area contributed by atoms with Gasteiger partial charge in [0, 0.05) is 25.5 Å². The van der Waals surface area contributed by atoms with Crippen molar-refractivity contribution >= 4 is 11.9 Å². The maximum atomic E-state index is 13.0. The molecule has 0 bridgehead atoms. The van der Waals surface area contributed by atoms with Crippen LogP contribution in [-0.4, -0.2) is 52.6 Å². The molecular formula is C23H29N3O4. The van der Waals surface area contributed by atoms with Crippen LogP contribution in [0.25, 0.3) is 0 Å². The molecule has 2 aliphatic rings. The zero-order valence-electron chi connectivity index (χ0n) is 17.3. The lowest BCUT2D eigenvalue weighted by Gasteiger charge is -2.40. The van der Waals surface area contributed by atoms with E-state index in [0.29, 0.717) is 32.5 Å². The SMILES string of the molecule is O=C(Cn1ccnc1)N1CCC2(CCCCc3ccccc3OCCOC2=O)CC1. The second-order valence-corrected chi connectivity index (χ2v) is 8.20. The van der Waals surface area contributed by atoms with Gasteiger partial charge in [-0.15, -0.1) is 0 Å². The summed E-state index contributed by atoms with van der Waals surface area (Å²) in [7, 11) is 0. The third-order valence-corrected chi connectivity index (χ3v) is 6.28. The number of amides is 1. The predicted molar refractivity (Wildman–Crippen MR) is 111 cm³/mol. The highest BCUT2D eigenvalue weighted by molar-refractivity contribution is 5.79. The number of piperidine rings is 1. The number of carbonyl (C=O) groups excluding carboxylic acids is 2. The van der Waals surface area contributed by atoms with E-state index in [9.17, 15) is 9.59 Å². The van der Waals surface area contributed by atoms with Crippen LogP contribution in [0.2, 0.25) is 0 Å². The Kier molecular flexibility index (Phi) is 6.35. The van der Waals surface area contributed by atoms with Gasteiger partial charge in [0.1, 0.15) is 25.5 Å². The number of benzene rings is 1. The number of aryl methyl sites for hydroxylation is 1. The number of para-hydroxylation sites is 1. The molecule has 1 fully saturated rings. The molecule has 0 aliphatic carbocycles. The second-order valence-electron chi connectivity index (χ2n) is 8.20. The Labute approximate surface area is 177 Å². The fourth-order valence-corrected chi connectivity index (χ4v) is 4.45. The summed E-state index contributed by atoms with van der Waals surface area (Å²) in [5.41, 5.74) is 0.711. The normalized spacial score (nSPS) is 19.7. The summed E-state index contributed by atoms with van der Waals surface area (Å²) in [6.07, 6.45) is 10.1. The van der Waals surface area contributed by atoms with Crippen LogP contribution in [0.1, 0.15) is 37.7 Å². The minimum atomic E-state index is -0.496. The fourth-order valence-electron chi connectivity index (χ4n) is 4.45. The molecule has 0 N–H and O–H groups in total. The van der Waals surface area contributed by atoms with E-state index < -0.39 is 5.41 Å². The number of hydrogen-bond acceptors (Lipinski definition) is 5. The Morgan fingerprint density at radius 2 is 1.87 bits per heavy atom. The summed E-state index contributed by atoms with van der Waals surface area (Å²) in [5, 5.41) is 0. The Bertz CT molecular complexity index is 857. The van der Waals surface area contributed by atoms with Gasteiger partial charge < -0.3 is 18.9 Å². The van der Waals surface area contributed by atoms with E-state index in [0.717, 1.165) is 31.4 Å². The first-order valence-electron chi connectivity index (χ1n) is 10.8. The standard InChI is InChI=1S/C23H29N3O4/c27-21(17-25-14-11-24-18-25)26-12-9-23(10-13-26)8-4-3-6-19-5-1-2-7-20(19)29-15-16-30-22(23)28/h1-2,5,7,11,14,18H,3-4,6,8-10,12-13,15-17H2. The van der Waals surface area contributed by atoms with Gasteiger partial charge in [0.15, 0.2) is 0 Å². The molecule has 0 radical (unpaired) electrons. The van der Waals surface area contributed by atoms with Gasteiger partial charge in [-0.1, -0.05) is 24.6 Å². The van der Waals surface area contributed by atoms with Gasteiger partial charge in [-0.3, -0.25) is 9.59 Å². The van der Waals surface area contributed by atoms with Gasteiger partial charge in [0.2, 0.25) is 5.91 Å². The maximum Gasteiger partial charge on any atom is 0.312 e. The van der Waals surface area contributed by atoms with Crippen molar-refractivity contribution in [2.75, 3.05) is 26.3 Å². The van der Waals surface area contributed by atoms with Crippen molar-refractivity contribution in [2.24, 2.45) is 5.41 Å². The first-order chi connectivity index (χ1) is 14.7. The van der Waals surface area contributed by atoms with Gasteiger partial charge in [-0.05, 0) is 43.7 Å². The number of fused-ring (bicyclic) bond motifs is 1. The quantitative estimate of drug-likeness (QED) is 0.711. The molecule has 1 aromatic heterocycles. The van der Waals surface area contributed by atoms with Crippen LogP contribution in [0.3, 0.4) is 0 Å². The van der Waals surface area contributed by atoms with Crippen LogP contribution in [0.15, 0.2) is 43.0 Å². The molecule has 2 aromatic rings. The second kappa shape index (κ2) is 9.32. The van der Waals surface area contributed by atoms with E-state index in [1.807, 2.05) is 23.1 Å². The molecule has 3 heterocycles. The van der Waals surface area contributed by atoms with E-state index in [1.54, 1.807) is 23.3 Å². The molecule has 0 unspecified atom stereocenters. The van der Waals surface area contributed by atoms with Gasteiger partial charge in [-0.2, -0.15) is 0 Å². The highest BCUT2D eigenvalue weighted by atomic mass is 16.6. The summed E-state index contributed by atoms with van der Waals surface area (Å²) in [6, 6.07) is 8.08. The Balaban J connectivity index is 1.38. The zero-order chi connectivity index (χ0) is 20.8. The van der Waals surface area contributed by atoms with Gasteiger partial charge in [0.05, 0.1) is 11.7 Å². The lowest BCUT2D eigenvalue weighted by molar-refractivity contribution is -0.162. The minimum Gasteiger partial charge on any atom is -0.490 e. The predicted octanol–water partition coefficient (Wildman–Crippen LogP) is 2.84. The van der Waals surface area contributed by atoms with E-state index in [2.05, 4.69) is 11.1 Å². The van der Waals surface area contributed by atoms with Crippen LogP contribution in [0, 0.1) is 5.41 Å². The number of aromatic nitrogens is 2. The van der Waals surface area contributed by atoms with E-state index >= 15 is 0 Å². The lowest BCUT2D eigenvalue weighted by atomic mass is 9.74. The topological polar surface area (TPSA) is 73.7 Å². The number of hydrogen-bond donors (Lipinski definition) is 0. The van der Waals surface area contributed by atoms with E-state index in [1.165, 1.54) is 5.56 Å². The van der Waals surface area contributed by atoms with Crippen LogP contribution in [-0.2, 0) is 27.3 Å². The van der Waals surface area contributed by atoms with Crippen molar-refractivity contribution in [1.82, 2.24) is 14.5 Å². The molecule has 1 saturated heterocycles. The number of cyclic esters (lactones) is 1. The largest absolute Gasteiger partial charge is 0.490 e. The first kappa shape index (κ1) is 20.4. The molecule has 2 aliphatic heterocycles. The van der Waals surface area contributed by atoms with Crippen molar-refractivity contribution in [3.05, 3.63) is 48.5 Å². The zero-order valence-corrected chi connectivity index (χ0v) is 17.3. The first-order valence-corrected chi connectivity index (χ1v) is 10.8. The number of likely N-dealkylation sites (tertiary alicyclic amines) is 1. The number of carbonyl (C=O) groups is 2. The summed E-state index contributed by atoms with van der Waals surface area (Å²) in [6.45, 7) is 2.06. The molecule has 7 nitrogen and oxygen atoms in total. The highest BCUT2D eigenvalue weighted by Crippen LogP contribution is 2.38. The molecule has 0 saturated carbocycles. The number of imidazole rings is 1. The summed E-state index contributed by atoms with van der Waals surface area (Å²) in [5.74, 6) is 0.810. The fraction of sp³-hybridized carbons (Fsp3) is 0.522. The smallest absolute Gasteiger partial charge is 0.312 e. The highest BCUT2D eigenvalue weighted by Gasteiger charge is 2.43. The minimum absolute atomic E-state index is 0.0642. The van der Waals surface area contributed by atoms with Gasteiger partial charge >= 0.3 is 5.97 Å². The lowest BCUT2D eigenvalue weighted by Crippen LogP contribution is -2.48. The van der Waals surface area contributed by atoms with Crippen molar-refractivity contribution in [2.45, 2.75) is 45.1 Å². The Morgan fingerprint density at radius 1 is 1.07 bits per heavy atom. The summed E-state index contributed by atoms with van der Waals surface area (Å²) < 4.78 is 13.2. The molecule has 160 valence electrons. The molecule has 1 spiro atoms. The van der Waals surface area contributed by atoms with Gasteiger partial charge in [-0.25, -0.2) is 4.98 Å². The maximum absolute atomic E-state index is 13.0. The average Bonchev–Trinajstić information content (AvgIpc) is 3.27. The van der Waals surface area contributed by atoms with Gasteiger partial charge in [0.25, 0.3) is 0 Å². The molecule has 1 amide bonds. The van der Waals surface area contributed by atoms with Crippen LogP contribution in [0.5, 0.6) is 5.75 Å². The summed E-state index contributed by atoms with van der Waals surface area (Å²) in [4.78, 5) is 31.4. The number of rotatable bonds is 2. The average molecular weight is 412 g/mol. The molecular weight excluding hydrogens is 382 g/mol. The van der Waals surface area contributed by atoms with E-state index in [4.69, 9.17) is 9.47 Å². The van der Waals surface area contributed by atoms with Crippen LogP contribution in [0.4, 0.5) is 0 Å². The Morgan fingerprint density at radius 3 is 2.67 bits per heavy atom. The van der Waals surface area contributed by atoms with Crippen molar-refractivity contribution in [3.63, 3.8) is 0 Å². The number of ether oxygens (including phenoxy) is 2.